The van der Waals surface area contributed by atoms with Crippen LogP contribution in [-0.4, -0.2) is 32.6 Å². The van der Waals surface area contributed by atoms with Crippen molar-refractivity contribution in [2.24, 2.45) is 0 Å². The number of hydrogen-bond acceptors (Lipinski definition) is 4. The van der Waals surface area contributed by atoms with E-state index in [-0.39, 0.29) is 11.0 Å². The molecule has 1 aromatic heterocycles. The van der Waals surface area contributed by atoms with Gasteiger partial charge in [-0.1, -0.05) is 19.8 Å². The number of unbranched alkanes of at least 4 members (excludes halogenated alkanes) is 1. The van der Waals surface area contributed by atoms with Gasteiger partial charge in [0, 0.05) is 6.20 Å². The van der Waals surface area contributed by atoms with Crippen LogP contribution in [0.2, 0.25) is 0 Å². The summed E-state index contributed by atoms with van der Waals surface area (Å²) >= 11 is 2.95. The summed E-state index contributed by atoms with van der Waals surface area (Å²) in [6, 6.07) is -0.987. The SMILES string of the molecule is CCCCC(NC(=O)Cn1cc(Br)c(=O)[nH]c1=O)C(=O)O. The van der Waals surface area contributed by atoms with Crippen molar-refractivity contribution in [1.29, 1.82) is 0 Å². The van der Waals surface area contributed by atoms with E-state index in [1.807, 2.05) is 11.9 Å². The lowest BCUT2D eigenvalue weighted by molar-refractivity contribution is -0.142. The van der Waals surface area contributed by atoms with Crippen molar-refractivity contribution >= 4 is 27.8 Å². The summed E-state index contributed by atoms with van der Waals surface area (Å²) in [7, 11) is 0. The van der Waals surface area contributed by atoms with Crippen molar-refractivity contribution in [2.75, 3.05) is 0 Å². The van der Waals surface area contributed by atoms with Crippen LogP contribution in [0.25, 0.3) is 0 Å². The number of carboxylic acid groups (broad SMARTS) is 1. The van der Waals surface area contributed by atoms with Gasteiger partial charge >= 0.3 is 11.7 Å². The molecule has 0 fully saturated rings. The van der Waals surface area contributed by atoms with E-state index in [4.69, 9.17) is 5.11 Å². The van der Waals surface area contributed by atoms with Crippen LogP contribution in [0.3, 0.4) is 0 Å². The number of nitrogens with zero attached hydrogens (tertiary/aromatic N) is 1. The highest BCUT2D eigenvalue weighted by Gasteiger charge is 2.19. The van der Waals surface area contributed by atoms with Crippen LogP contribution in [0.1, 0.15) is 26.2 Å². The van der Waals surface area contributed by atoms with E-state index in [1.54, 1.807) is 0 Å². The molecule has 0 spiro atoms. The summed E-state index contributed by atoms with van der Waals surface area (Å²) in [5.41, 5.74) is -1.33. The number of halogens is 1. The molecule has 1 aromatic rings. The van der Waals surface area contributed by atoms with Crippen LogP contribution >= 0.6 is 15.9 Å². The van der Waals surface area contributed by atoms with Gasteiger partial charge in [-0.3, -0.25) is 19.1 Å². The Morgan fingerprint density at radius 2 is 2.14 bits per heavy atom. The smallest absolute Gasteiger partial charge is 0.328 e. The number of nitrogens with one attached hydrogen (secondary N) is 2. The van der Waals surface area contributed by atoms with E-state index >= 15 is 0 Å². The van der Waals surface area contributed by atoms with Crippen molar-refractivity contribution in [3.8, 4) is 0 Å². The molecule has 0 aliphatic heterocycles. The minimum Gasteiger partial charge on any atom is -0.480 e. The lowest BCUT2D eigenvalue weighted by Gasteiger charge is -2.14. The fourth-order valence-corrected chi connectivity index (χ4v) is 2.01. The van der Waals surface area contributed by atoms with Gasteiger partial charge in [0.15, 0.2) is 0 Å². The number of aliphatic carboxylic acids is 1. The van der Waals surface area contributed by atoms with Crippen LogP contribution < -0.4 is 16.6 Å². The van der Waals surface area contributed by atoms with Crippen LogP contribution in [0.4, 0.5) is 0 Å². The minimum absolute atomic E-state index is 0.107. The number of aromatic nitrogens is 2. The molecule has 1 atom stereocenters. The number of H-pyrrole nitrogens is 1. The maximum atomic E-state index is 11.8. The molecular weight excluding hydrogens is 346 g/mol. The highest BCUT2D eigenvalue weighted by atomic mass is 79.9. The van der Waals surface area contributed by atoms with E-state index in [0.29, 0.717) is 12.8 Å². The van der Waals surface area contributed by atoms with E-state index in [1.165, 1.54) is 6.20 Å². The highest BCUT2D eigenvalue weighted by molar-refractivity contribution is 9.10. The Hall–Kier alpha value is -1.90. The zero-order valence-electron chi connectivity index (χ0n) is 11.4. The minimum atomic E-state index is -1.12. The van der Waals surface area contributed by atoms with Crippen LogP contribution in [0.5, 0.6) is 0 Å². The van der Waals surface area contributed by atoms with Crippen LogP contribution in [-0.2, 0) is 16.1 Å². The van der Waals surface area contributed by atoms with Gasteiger partial charge in [-0.15, -0.1) is 0 Å². The number of carbonyl (C=O) groups is 2. The van der Waals surface area contributed by atoms with Gasteiger partial charge in [0.25, 0.3) is 5.56 Å². The molecule has 9 heteroatoms. The third-order valence-corrected chi connectivity index (χ3v) is 3.33. The molecule has 8 nitrogen and oxygen atoms in total. The Balaban J connectivity index is 2.77. The molecule has 21 heavy (non-hydrogen) atoms. The van der Waals surface area contributed by atoms with E-state index in [9.17, 15) is 19.2 Å². The third kappa shape index (κ3) is 5.18. The largest absolute Gasteiger partial charge is 0.480 e. The maximum Gasteiger partial charge on any atom is 0.328 e. The molecule has 1 rings (SSSR count). The Morgan fingerprint density at radius 3 is 2.71 bits per heavy atom. The first-order valence-corrected chi connectivity index (χ1v) is 7.16. The predicted octanol–water partition coefficient (Wildman–Crippen LogP) is 0.0587. The Labute approximate surface area is 128 Å². The number of carbonyl (C=O) groups excluding carboxylic acids is 1. The molecule has 0 aliphatic carbocycles. The molecule has 0 radical (unpaired) electrons. The molecule has 1 unspecified atom stereocenters. The quantitative estimate of drug-likeness (QED) is 0.633. The molecule has 1 heterocycles. The molecule has 1 amide bonds. The van der Waals surface area contributed by atoms with Gasteiger partial charge < -0.3 is 10.4 Å². The predicted molar refractivity (Wildman–Crippen MR) is 78.1 cm³/mol. The molecule has 116 valence electrons. The first kappa shape index (κ1) is 17.2. The fourth-order valence-electron chi connectivity index (χ4n) is 1.66. The standard InChI is InChI=1S/C12H16BrN3O5/c1-2-3-4-8(11(19)20)14-9(17)6-16-5-7(13)10(18)15-12(16)21/h5,8H,2-4,6H2,1H3,(H,14,17)(H,19,20)(H,15,18,21). The lowest BCUT2D eigenvalue weighted by Crippen LogP contribution is -2.44. The van der Waals surface area contributed by atoms with Gasteiger partial charge in [0.2, 0.25) is 5.91 Å². The third-order valence-electron chi connectivity index (χ3n) is 2.76. The van der Waals surface area contributed by atoms with Crippen LogP contribution in [0, 0.1) is 0 Å². The first-order valence-electron chi connectivity index (χ1n) is 6.36. The van der Waals surface area contributed by atoms with Gasteiger partial charge in [0.1, 0.15) is 12.6 Å². The number of amides is 1. The molecular formula is C12H16BrN3O5. The number of hydrogen-bond donors (Lipinski definition) is 3. The Kier molecular flexibility index (Phi) is 6.35. The molecule has 3 N–H and O–H groups in total. The Bertz CT molecular complexity index is 637. The Morgan fingerprint density at radius 1 is 1.48 bits per heavy atom. The normalized spacial score (nSPS) is 11.9. The molecule has 0 bridgehead atoms. The van der Waals surface area contributed by atoms with Gasteiger partial charge in [-0.25, -0.2) is 9.59 Å². The number of rotatable bonds is 7. The summed E-state index contributed by atoms with van der Waals surface area (Å²) < 4.78 is 1.09. The van der Waals surface area contributed by atoms with E-state index in [2.05, 4.69) is 21.2 Å². The van der Waals surface area contributed by atoms with E-state index in [0.717, 1.165) is 11.0 Å². The second-order valence-corrected chi connectivity index (χ2v) is 5.32. The first-order chi connectivity index (χ1) is 9.85. The number of aromatic amines is 1. The van der Waals surface area contributed by atoms with Gasteiger partial charge in [-0.2, -0.15) is 0 Å². The number of carboxylic acids is 1. The highest BCUT2D eigenvalue weighted by Crippen LogP contribution is 2.01. The molecule has 0 aromatic carbocycles. The van der Waals surface area contributed by atoms with E-state index < -0.39 is 29.2 Å². The second-order valence-electron chi connectivity index (χ2n) is 4.46. The van der Waals surface area contributed by atoms with Crippen molar-refractivity contribution in [1.82, 2.24) is 14.9 Å². The lowest BCUT2D eigenvalue weighted by atomic mass is 10.1. The maximum absolute atomic E-state index is 11.8. The van der Waals surface area contributed by atoms with Gasteiger partial charge in [-0.05, 0) is 22.4 Å². The summed E-state index contributed by atoms with van der Waals surface area (Å²) in [6.45, 7) is 1.54. The molecule has 0 saturated carbocycles. The van der Waals surface area contributed by atoms with Crippen molar-refractivity contribution < 1.29 is 14.7 Å². The zero-order chi connectivity index (χ0) is 16.0. The average molecular weight is 362 g/mol. The summed E-state index contributed by atoms with van der Waals surface area (Å²) in [4.78, 5) is 47.5. The van der Waals surface area contributed by atoms with Crippen molar-refractivity contribution in [2.45, 2.75) is 38.8 Å². The molecule has 0 aliphatic rings. The average Bonchev–Trinajstić information content (AvgIpc) is 2.40. The zero-order valence-corrected chi connectivity index (χ0v) is 13.0. The second kappa shape index (κ2) is 7.77. The van der Waals surface area contributed by atoms with Crippen molar-refractivity contribution in [3.63, 3.8) is 0 Å². The van der Waals surface area contributed by atoms with Crippen LogP contribution in [0.15, 0.2) is 20.3 Å². The van der Waals surface area contributed by atoms with Gasteiger partial charge in [0.05, 0.1) is 4.47 Å². The fraction of sp³-hybridized carbons (Fsp3) is 0.500. The molecule has 0 saturated heterocycles. The summed E-state index contributed by atoms with van der Waals surface area (Å²) in [5.74, 6) is -1.73. The monoisotopic (exact) mass is 361 g/mol. The van der Waals surface area contributed by atoms with Crippen molar-refractivity contribution in [3.05, 3.63) is 31.5 Å². The topological polar surface area (TPSA) is 121 Å². The summed E-state index contributed by atoms with van der Waals surface area (Å²) in [5, 5.41) is 11.4. The summed E-state index contributed by atoms with van der Waals surface area (Å²) in [6.07, 6.45) is 2.98.